The molecule has 17 heavy (non-hydrogen) atoms. The van der Waals surface area contributed by atoms with Gasteiger partial charge in [0.05, 0.1) is 5.69 Å². The summed E-state index contributed by atoms with van der Waals surface area (Å²) in [6.45, 7) is 8.15. The highest BCUT2D eigenvalue weighted by atomic mass is 35.5. The van der Waals surface area contributed by atoms with Crippen molar-refractivity contribution in [3.63, 3.8) is 0 Å². The number of rotatable bonds is 2. The van der Waals surface area contributed by atoms with Crippen molar-refractivity contribution in [3.8, 4) is 5.82 Å². The van der Waals surface area contributed by atoms with E-state index in [1.807, 2.05) is 18.4 Å². The van der Waals surface area contributed by atoms with Crippen molar-refractivity contribution in [2.75, 3.05) is 0 Å². The van der Waals surface area contributed by atoms with E-state index in [1.165, 1.54) is 6.33 Å². The van der Waals surface area contributed by atoms with Crippen molar-refractivity contribution in [1.82, 2.24) is 19.5 Å². The third-order valence-electron chi connectivity index (χ3n) is 2.87. The van der Waals surface area contributed by atoms with E-state index in [0.717, 1.165) is 22.8 Å². The second-order valence-electron chi connectivity index (χ2n) is 4.34. The van der Waals surface area contributed by atoms with E-state index in [2.05, 4.69) is 28.8 Å². The number of nitrogens with zero attached hydrogens (tertiary/aromatic N) is 4. The molecule has 0 aromatic carbocycles. The van der Waals surface area contributed by atoms with Gasteiger partial charge < -0.3 is 0 Å². The van der Waals surface area contributed by atoms with Gasteiger partial charge >= 0.3 is 0 Å². The molecule has 90 valence electrons. The van der Waals surface area contributed by atoms with Crippen LogP contribution in [-0.2, 0) is 0 Å². The summed E-state index contributed by atoms with van der Waals surface area (Å²) in [5, 5.41) is 0.510. The van der Waals surface area contributed by atoms with Crippen molar-refractivity contribution < 1.29 is 0 Å². The van der Waals surface area contributed by atoms with Crippen LogP contribution >= 0.6 is 11.6 Å². The van der Waals surface area contributed by atoms with E-state index in [-0.39, 0.29) is 5.92 Å². The molecule has 2 heterocycles. The number of aryl methyl sites for hydroxylation is 1. The lowest BCUT2D eigenvalue weighted by molar-refractivity contribution is 0.807. The fourth-order valence-corrected chi connectivity index (χ4v) is 2.11. The van der Waals surface area contributed by atoms with Gasteiger partial charge in [-0.2, -0.15) is 0 Å². The summed E-state index contributed by atoms with van der Waals surface area (Å²) in [4.78, 5) is 12.7. The molecule has 0 unspecified atom stereocenters. The fourth-order valence-electron chi connectivity index (χ4n) is 1.77. The Hall–Kier alpha value is -1.42. The van der Waals surface area contributed by atoms with Crippen LogP contribution in [0.1, 0.15) is 36.7 Å². The molecule has 0 saturated carbocycles. The van der Waals surface area contributed by atoms with Crippen LogP contribution in [0.25, 0.3) is 5.82 Å². The van der Waals surface area contributed by atoms with Gasteiger partial charge in [0.1, 0.15) is 23.6 Å². The lowest BCUT2D eigenvalue weighted by Crippen LogP contribution is -2.06. The van der Waals surface area contributed by atoms with Crippen LogP contribution in [0, 0.1) is 13.8 Å². The van der Waals surface area contributed by atoms with Crippen molar-refractivity contribution in [1.29, 1.82) is 0 Å². The number of imidazole rings is 1. The number of hydrogen-bond donors (Lipinski definition) is 0. The van der Waals surface area contributed by atoms with Crippen LogP contribution in [0.15, 0.2) is 12.7 Å². The first-order valence-corrected chi connectivity index (χ1v) is 5.91. The van der Waals surface area contributed by atoms with E-state index in [4.69, 9.17) is 11.6 Å². The molecule has 0 bridgehead atoms. The van der Waals surface area contributed by atoms with Crippen molar-refractivity contribution in [2.24, 2.45) is 0 Å². The van der Waals surface area contributed by atoms with Gasteiger partial charge in [-0.1, -0.05) is 25.4 Å². The number of halogens is 1. The molecule has 0 spiro atoms. The molecule has 2 aromatic heterocycles. The zero-order valence-electron chi connectivity index (χ0n) is 10.4. The molecule has 0 radical (unpaired) electrons. The highest BCUT2D eigenvalue weighted by Crippen LogP contribution is 2.27. The minimum absolute atomic E-state index is 0.265. The molecule has 4 nitrogen and oxygen atoms in total. The molecule has 5 heteroatoms. The van der Waals surface area contributed by atoms with E-state index < -0.39 is 0 Å². The van der Waals surface area contributed by atoms with Gasteiger partial charge in [-0.3, -0.25) is 4.57 Å². The summed E-state index contributed by atoms with van der Waals surface area (Å²) < 4.78 is 1.96. The van der Waals surface area contributed by atoms with Crippen LogP contribution in [0.4, 0.5) is 0 Å². The summed E-state index contributed by atoms with van der Waals surface area (Å²) in [5.74, 6) is 1.08. The van der Waals surface area contributed by atoms with E-state index in [9.17, 15) is 0 Å². The molecule has 0 aliphatic rings. The normalized spacial score (nSPS) is 11.2. The third-order valence-corrected chi connectivity index (χ3v) is 3.17. The van der Waals surface area contributed by atoms with Gasteiger partial charge in [-0.25, -0.2) is 15.0 Å². The van der Waals surface area contributed by atoms with Gasteiger partial charge in [0.25, 0.3) is 0 Å². The Labute approximate surface area is 106 Å². The highest BCUT2D eigenvalue weighted by Gasteiger charge is 2.16. The molecule has 0 amide bonds. The Morgan fingerprint density at radius 2 is 1.88 bits per heavy atom. The molecule has 0 N–H and O–H groups in total. The summed E-state index contributed by atoms with van der Waals surface area (Å²) in [7, 11) is 0. The third kappa shape index (κ3) is 2.05. The highest BCUT2D eigenvalue weighted by molar-refractivity contribution is 6.30. The molecule has 2 rings (SSSR count). The molecular formula is C12H15ClN4. The Morgan fingerprint density at radius 1 is 1.18 bits per heavy atom. The van der Waals surface area contributed by atoms with Gasteiger partial charge in [0.15, 0.2) is 0 Å². The summed E-state index contributed by atoms with van der Waals surface area (Å²) in [5.41, 5.74) is 3.02. The van der Waals surface area contributed by atoms with Gasteiger partial charge in [-0.05, 0) is 19.8 Å². The molecular weight excluding hydrogens is 236 g/mol. The predicted octanol–water partition coefficient (Wildman–Crippen LogP) is 3.06. The fraction of sp³-hybridized carbons (Fsp3) is 0.417. The largest absolute Gasteiger partial charge is 0.287 e. The average Bonchev–Trinajstić information content (AvgIpc) is 2.59. The Kier molecular flexibility index (Phi) is 3.15. The van der Waals surface area contributed by atoms with Crippen LogP contribution in [0.3, 0.4) is 0 Å². The van der Waals surface area contributed by atoms with Crippen molar-refractivity contribution in [2.45, 2.75) is 33.6 Å². The van der Waals surface area contributed by atoms with Crippen molar-refractivity contribution >= 4 is 11.6 Å². The van der Waals surface area contributed by atoms with Crippen LogP contribution in [-0.4, -0.2) is 19.5 Å². The smallest absolute Gasteiger partial charge is 0.146 e. The minimum atomic E-state index is 0.265. The van der Waals surface area contributed by atoms with E-state index in [1.54, 1.807) is 6.33 Å². The topological polar surface area (TPSA) is 43.6 Å². The van der Waals surface area contributed by atoms with Crippen LogP contribution in [0.2, 0.25) is 5.15 Å². The molecule has 0 saturated heterocycles. The SMILES string of the molecule is Cc1ncn(-c2ncnc(Cl)c2C(C)C)c1C. The maximum atomic E-state index is 6.15. The van der Waals surface area contributed by atoms with Crippen molar-refractivity contribution in [3.05, 3.63) is 34.8 Å². The summed E-state index contributed by atoms with van der Waals surface area (Å²) in [6.07, 6.45) is 3.26. The zero-order chi connectivity index (χ0) is 12.6. The number of aromatic nitrogens is 4. The van der Waals surface area contributed by atoms with Gasteiger partial charge in [0.2, 0.25) is 0 Å². The second kappa shape index (κ2) is 4.45. The lowest BCUT2D eigenvalue weighted by atomic mass is 10.1. The van der Waals surface area contributed by atoms with E-state index >= 15 is 0 Å². The standard InChI is InChI=1S/C12H15ClN4/c1-7(2)10-11(13)14-5-15-12(10)17-6-16-8(3)9(17)4/h5-7H,1-4H3. The first kappa shape index (κ1) is 12.0. The second-order valence-corrected chi connectivity index (χ2v) is 4.70. The minimum Gasteiger partial charge on any atom is -0.287 e. The van der Waals surface area contributed by atoms with Crippen LogP contribution in [0.5, 0.6) is 0 Å². The molecule has 0 fully saturated rings. The lowest BCUT2D eigenvalue weighted by Gasteiger charge is -2.14. The van der Waals surface area contributed by atoms with Gasteiger partial charge in [0, 0.05) is 11.3 Å². The molecule has 0 aliphatic heterocycles. The van der Waals surface area contributed by atoms with E-state index in [0.29, 0.717) is 5.15 Å². The predicted molar refractivity (Wildman–Crippen MR) is 67.7 cm³/mol. The average molecular weight is 251 g/mol. The summed E-state index contributed by atoms with van der Waals surface area (Å²) in [6, 6.07) is 0. The molecule has 2 aromatic rings. The molecule has 0 aliphatic carbocycles. The number of hydrogen-bond acceptors (Lipinski definition) is 3. The Bertz CT molecular complexity index is 545. The molecule has 0 atom stereocenters. The Morgan fingerprint density at radius 3 is 2.41 bits per heavy atom. The Balaban J connectivity index is 2.67. The first-order chi connectivity index (χ1) is 8.02. The zero-order valence-corrected chi connectivity index (χ0v) is 11.2. The maximum Gasteiger partial charge on any atom is 0.146 e. The quantitative estimate of drug-likeness (QED) is 0.770. The summed E-state index contributed by atoms with van der Waals surface area (Å²) >= 11 is 6.15. The first-order valence-electron chi connectivity index (χ1n) is 5.53. The maximum absolute atomic E-state index is 6.15. The van der Waals surface area contributed by atoms with Gasteiger partial charge in [-0.15, -0.1) is 0 Å². The monoisotopic (exact) mass is 250 g/mol. The van der Waals surface area contributed by atoms with Crippen LogP contribution < -0.4 is 0 Å².